The van der Waals surface area contributed by atoms with Crippen molar-refractivity contribution in [1.29, 1.82) is 0 Å². The number of rotatable bonds is 6. The Labute approximate surface area is 154 Å². The van der Waals surface area contributed by atoms with Crippen molar-refractivity contribution in [2.45, 2.75) is 19.4 Å². The lowest BCUT2D eigenvalue weighted by molar-refractivity contribution is 0.174. The van der Waals surface area contributed by atoms with E-state index in [1.54, 1.807) is 18.2 Å². The lowest BCUT2D eigenvalue weighted by atomic mass is 10.0. The fourth-order valence-corrected chi connectivity index (χ4v) is 2.91. The summed E-state index contributed by atoms with van der Waals surface area (Å²) < 4.78 is 10.6. The molecule has 26 heavy (non-hydrogen) atoms. The number of ether oxygens (including phenoxy) is 2. The Hall–Kier alpha value is -2.73. The number of urea groups is 1. The SMILES string of the molecule is CCc1ccc(C(CNC(=O)Nc2ccc3c(c2)OCO3)N(C)C)cc1. The highest BCUT2D eigenvalue weighted by Gasteiger charge is 2.17. The summed E-state index contributed by atoms with van der Waals surface area (Å²) in [5.41, 5.74) is 3.15. The van der Waals surface area contributed by atoms with E-state index in [0.717, 1.165) is 6.42 Å². The minimum atomic E-state index is -0.249. The molecular weight excluding hydrogens is 330 g/mol. The number of aryl methyl sites for hydroxylation is 1. The summed E-state index contributed by atoms with van der Waals surface area (Å²) in [6, 6.07) is 13.7. The first kappa shape index (κ1) is 18.1. The summed E-state index contributed by atoms with van der Waals surface area (Å²) in [7, 11) is 4.02. The number of benzene rings is 2. The van der Waals surface area contributed by atoms with Crippen molar-refractivity contribution in [2.24, 2.45) is 0 Å². The predicted octanol–water partition coefficient (Wildman–Crippen LogP) is 3.40. The molecule has 2 aromatic carbocycles. The third kappa shape index (κ3) is 4.26. The quantitative estimate of drug-likeness (QED) is 0.834. The highest BCUT2D eigenvalue weighted by Crippen LogP contribution is 2.34. The molecule has 0 saturated carbocycles. The summed E-state index contributed by atoms with van der Waals surface area (Å²) in [4.78, 5) is 14.4. The fraction of sp³-hybridized carbons (Fsp3) is 0.350. The molecule has 2 aromatic rings. The number of fused-ring (bicyclic) bond motifs is 1. The molecule has 3 rings (SSSR count). The van der Waals surface area contributed by atoms with E-state index >= 15 is 0 Å². The van der Waals surface area contributed by atoms with Gasteiger partial charge < -0.3 is 25.0 Å². The van der Waals surface area contributed by atoms with Crippen LogP contribution in [0.15, 0.2) is 42.5 Å². The average Bonchev–Trinajstić information content (AvgIpc) is 3.10. The molecule has 1 atom stereocenters. The lowest BCUT2D eigenvalue weighted by Crippen LogP contribution is -2.36. The minimum Gasteiger partial charge on any atom is -0.454 e. The zero-order valence-corrected chi connectivity index (χ0v) is 15.4. The van der Waals surface area contributed by atoms with Gasteiger partial charge in [0.1, 0.15) is 0 Å². The normalized spacial score (nSPS) is 13.5. The van der Waals surface area contributed by atoms with Gasteiger partial charge in [0.05, 0.1) is 6.04 Å². The van der Waals surface area contributed by atoms with E-state index in [4.69, 9.17) is 9.47 Å². The number of nitrogens with one attached hydrogen (secondary N) is 2. The smallest absolute Gasteiger partial charge is 0.319 e. The second-order valence-corrected chi connectivity index (χ2v) is 6.48. The van der Waals surface area contributed by atoms with Gasteiger partial charge in [-0.15, -0.1) is 0 Å². The molecular formula is C20H25N3O3. The molecule has 0 spiro atoms. The Balaban J connectivity index is 1.59. The van der Waals surface area contributed by atoms with Crippen LogP contribution in [0.3, 0.4) is 0 Å². The summed E-state index contributed by atoms with van der Waals surface area (Å²) >= 11 is 0. The Morgan fingerprint density at radius 3 is 2.54 bits per heavy atom. The van der Waals surface area contributed by atoms with Crippen molar-refractivity contribution in [2.75, 3.05) is 32.7 Å². The molecule has 1 aliphatic rings. The first-order valence-corrected chi connectivity index (χ1v) is 8.76. The van der Waals surface area contributed by atoms with Crippen LogP contribution in [0.5, 0.6) is 11.5 Å². The Morgan fingerprint density at radius 2 is 1.85 bits per heavy atom. The van der Waals surface area contributed by atoms with Crippen molar-refractivity contribution >= 4 is 11.7 Å². The molecule has 1 unspecified atom stereocenters. The maximum atomic E-state index is 12.3. The number of nitrogens with zero attached hydrogens (tertiary/aromatic N) is 1. The largest absolute Gasteiger partial charge is 0.454 e. The van der Waals surface area contributed by atoms with Gasteiger partial charge in [0.15, 0.2) is 11.5 Å². The topological polar surface area (TPSA) is 62.8 Å². The van der Waals surface area contributed by atoms with Crippen LogP contribution < -0.4 is 20.1 Å². The Bertz CT molecular complexity index is 759. The predicted molar refractivity (Wildman–Crippen MR) is 102 cm³/mol. The van der Waals surface area contributed by atoms with Gasteiger partial charge in [-0.2, -0.15) is 0 Å². The van der Waals surface area contributed by atoms with Gasteiger partial charge >= 0.3 is 6.03 Å². The van der Waals surface area contributed by atoms with Crippen LogP contribution >= 0.6 is 0 Å². The van der Waals surface area contributed by atoms with Crippen molar-refractivity contribution in [3.05, 3.63) is 53.6 Å². The number of carbonyl (C=O) groups excluding carboxylic acids is 1. The van der Waals surface area contributed by atoms with Crippen LogP contribution in [0, 0.1) is 0 Å². The van der Waals surface area contributed by atoms with Crippen LogP contribution in [-0.2, 0) is 6.42 Å². The number of carbonyl (C=O) groups is 1. The second kappa shape index (κ2) is 8.10. The molecule has 6 nitrogen and oxygen atoms in total. The molecule has 2 N–H and O–H groups in total. The van der Waals surface area contributed by atoms with Crippen molar-refractivity contribution in [3.8, 4) is 11.5 Å². The maximum absolute atomic E-state index is 12.3. The van der Waals surface area contributed by atoms with Gasteiger partial charge in [-0.25, -0.2) is 4.79 Å². The molecule has 0 bridgehead atoms. The number of likely N-dealkylation sites (N-methyl/N-ethyl adjacent to an activating group) is 1. The van der Waals surface area contributed by atoms with Gasteiger partial charge in [-0.3, -0.25) is 0 Å². The second-order valence-electron chi connectivity index (χ2n) is 6.48. The average molecular weight is 355 g/mol. The van der Waals surface area contributed by atoms with E-state index in [2.05, 4.69) is 46.7 Å². The third-order valence-electron chi connectivity index (χ3n) is 4.48. The van der Waals surface area contributed by atoms with Crippen molar-refractivity contribution in [3.63, 3.8) is 0 Å². The van der Waals surface area contributed by atoms with Gasteiger partial charge in [-0.05, 0) is 43.8 Å². The van der Waals surface area contributed by atoms with Crippen molar-refractivity contribution < 1.29 is 14.3 Å². The van der Waals surface area contributed by atoms with E-state index in [0.29, 0.717) is 23.7 Å². The molecule has 2 amide bonds. The van der Waals surface area contributed by atoms with E-state index < -0.39 is 0 Å². The number of hydrogen-bond donors (Lipinski definition) is 2. The molecule has 0 aliphatic carbocycles. The van der Waals surface area contributed by atoms with E-state index in [9.17, 15) is 4.79 Å². The monoisotopic (exact) mass is 355 g/mol. The first-order valence-electron chi connectivity index (χ1n) is 8.76. The summed E-state index contributed by atoms with van der Waals surface area (Å²) in [5, 5.41) is 5.78. The molecule has 1 aliphatic heterocycles. The molecule has 0 fully saturated rings. The molecule has 0 radical (unpaired) electrons. The first-order chi connectivity index (χ1) is 12.6. The highest BCUT2D eigenvalue weighted by molar-refractivity contribution is 5.89. The molecule has 1 heterocycles. The van der Waals surface area contributed by atoms with Crippen molar-refractivity contribution in [1.82, 2.24) is 10.2 Å². The molecule has 0 saturated heterocycles. The number of amides is 2. The van der Waals surface area contributed by atoms with E-state index in [1.807, 2.05) is 14.1 Å². The maximum Gasteiger partial charge on any atom is 0.319 e. The highest BCUT2D eigenvalue weighted by atomic mass is 16.7. The van der Waals surface area contributed by atoms with E-state index in [1.165, 1.54) is 11.1 Å². The van der Waals surface area contributed by atoms with Gasteiger partial charge in [-0.1, -0.05) is 31.2 Å². The summed E-state index contributed by atoms with van der Waals surface area (Å²) in [6.45, 7) is 2.86. The van der Waals surface area contributed by atoms with Crippen LogP contribution in [-0.4, -0.2) is 38.4 Å². The fourth-order valence-electron chi connectivity index (χ4n) is 2.91. The van der Waals surface area contributed by atoms with Crippen LogP contribution in [0.25, 0.3) is 0 Å². The van der Waals surface area contributed by atoms with Crippen LogP contribution in [0.2, 0.25) is 0 Å². The Morgan fingerprint density at radius 1 is 1.12 bits per heavy atom. The zero-order chi connectivity index (χ0) is 18.5. The van der Waals surface area contributed by atoms with Gasteiger partial charge in [0.25, 0.3) is 0 Å². The zero-order valence-electron chi connectivity index (χ0n) is 15.4. The Kier molecular flexibility index (Phi) is 5.63. The van der Waals surface area contributed by atoms with E-state index in [-0.39, 0.29) is 18.9 Å². The molecule has 0 aromatic heterocycles. The van der Waals surface area contributed by atoms with Gasteiger partial charge in [0.2, 0.25) is 6.79 Å². The lowest BCUT2D eigenvalue weighted by Gasteiger charge is -2.25. The van der Waals surface area contributed by atoms with Gasteiger partial charge in [0, 0.05) is 18.3 Å². The van der Waals surface area contributed by atoms with Crippen LogP contribution in [0.1, 0.15) is 24.1 Å². The minimum absolute atomic E-state index is 0.100. The summed E-state index contributed by atoms with van der Waals surface area (Å²) in [6.07, 6.45) is 1.02. The summed E-state index contributed by atoms with van der Waals surface area (Å²) in [5.74, 6) is 1.34. The number of anilines is 1. The van der Waals surface area contributed by atoms with Crippen LogP contribution in [0.4, 0.5) is 10.5 Å². The molecule has 138 valence electrons. The standard InChI is InChI=1S/C20H25N3O3/c1-4-14-5-7-15(8-6-14)17(23(2)3)12-21-20(24)22-16-9-10-18-19(11-16)26-13-25-18/h5-11,17H,4,12-13H2,1-3H3,(H2,21,22,24). The molecule has 6 heteroatoms. The third-order valence-corrected chi connectivity index (χ3v) is 4.48. The number of hydrogen-bond acceptors (Lipinski definition) is 4.